The first-order valence-corrected chi connectivity index (χ1v) is 8.36. The zero-order chi connectivity index (χ0) is 15.8. The van der Waals surface area contributed by atoms with Crippen LogP contribution in [0.1, 0.15) is 23.8 Å². The lowest BCUT2D eigenvalue weighted by molar-refractivity contribution is 0.177. The lowest BCUT2D eigenvalue weighted by Gasteiger charge is -2.43. The van der Waals surface area contributed by atoms with Crippen LogP contribution in [0.4, 0.5) is 0 Å². The second-order valence-electron chi connectivity index (χ2n) is 6.34. The standard InChI is InChI=1S/C17H19N3O2S/c21-16-5-1-4-15-13-7-12(10-20(15)16)9-19(11-13)17(23)18-8-14-3-2-6-22-14/h1-6,12-13H,7-11H2,(H,18,23). The first-order valence-electron chi connectivity index (χ1n) is 7.95. The Balaban J connectivity index is 1.47. The lowest BCUT2D eigenvalue weighted by Crippen LogP contribution is -2.51. The molecule has 6 heteroatoms. The summed E-state index contributed by atoms with van der Waals surface area (Å²) in [6, 6.07) is 9.40. The second kappa shape index (κ2) is 5.85. The Hall–Kier alpha value is -2.08. The number of hydrogen-bond acceptors (Lipinski definition) is 3. The van der Waals surface area contributed by atoms with E-state index in [-0.39, 0.29) is 5.56 Å². The largest absolute Gasteiger partial charge is 0.467 e. The minimum absolute atomic E-state index is 0.115. The van der Waals surface area contributed by atoms with E-state index in [1.54, 1.807) is 12.3 Å². The Morgan fingerprint density at radius 2 is 2.17 bits per heavy atom. The van der Waals surface area contributed by atoms with Gasteiger partial charge in [-0.05, 0) is 42.8 Å². The average Bonchev–Trinajstić information content (AvgIpc) is 3.07. The summed E-state index contributed by atoms with van der Waals surface area (Å²) < 4.78 is 7.27. The molecule has 5 nitrogen and oxygen atoms in total. The van der Waals surface area contributed by atoms with Crippen molar-refractivity contribution in [3.05, 3.63) is 58.4 Å². The number of piperidine rings is 1. The molecule has 1 saturated heterocycles. The maximum atomic E-state index is 12.0. The van der Waals surface area contributed by atoms with Crippen molar-refractivity contribution >= 4 is 17.3 Å². The van der Waals surface area contributed by atoms with E-state index in [4.69, 9.17) is 16.6 Å². The molecule has 0 radical (unpaired) electrons. The predicted molar refractivity (Wildman–Crippen MR) is 91.3 cm³/mol. The van der Waals surface area contributed by atoms with E-state index in [0.29, 0.717) is 18.4 Å². The van der Waals surface area contributed by atoms with Crippen molar-refractivity contribution < 1.29 is 4.42 Å². The third-order valence-electron chi connectivity index (χ3n) is 4.76. The molecule has 2 unspecified atom stereocenters. The van der Waals surface area contributed by atoms with Crippen LogP contribution in [0, 0.1) is 5.92 Å². The quantitative estimate of drug-likeness (QED) is 0.853. The average molecular weight is 329 g/mol. The number of likely N-dealkylation sites (tertiary alicyclic amines) is 1. The van der Waals surface area contributed by atoms with E-state index in [9.17, 15) is 4.79 Å². The smallest absolute Gasteiger partial charge is 0.250 e. The third kappa shape index (κ3) is 2.79. The molecule has 2 aromatic rings. The summed E-state index contributed by atoms with van der Waals surface area (Å²) in [6.07, 6.45) is 2.81. The topological polar surface area (TPSA) is 50.4 Å². The summed E-state index contributed by atoms with van der Waals surface area (Å²) in [4.78, 5) is 14.3. The molecule has 120 valence electrons. The fourth-order valence-corrected chi connectivity index (χ4v) is 3.97. The van der Waals surface area contributed by atoms with Crippen LogP contribution < -0.4 is 10.9 Å². The number of thiocarbonyl (C=S) groups is 1. The van der Waals surface area contributed by atoms with Crippen LogP contribution in [-0.2, 0) is 13.1 Å². The molecule has 2 bridgehead atoms. The van der Waals surface area contributed by atoms with Crippen LogP contribution in [0.2, 0.25) is 0 Å². The molecule has 2 atom stereocenters. The van der Waals surface area contributed by atoms with Gasteiger partial charge in [-0.2, -0.15) is 0 Å². The summed E-state index contributed by atoms with van der Waals surface area (Å²) in [5.74, 6) is 1.73. The fraction of sp³-hybridized carbons (Fsp3) is 0.412. The van der Waals surface area contributed by atoms with E-state index in [1.807, 2.05) is 22.8 Å². The van der Waals surface area contributed by atoms with Gasteiger partial charge in [-0.1, -0.05) is 6.07 Å². The first kappa shape index (κ1) is 14.5. The lowest BCUT2D eigenvalue weighted by atomic mass is 9.83. The van der Waals surface area contributed by atoms with Crippen molar-refractivity contribution in [1.29, 1.82) is 0 Å². The van der Waals surface area contributed by atoms with Crippen molar-refractivity contribution in [1.82, 2.24) is 14.8 Å². The molecular weight excluding hydrogens is 310 g/mol. The van der Waals surface area contributed by atoms with Gasteiger partial charge in [0.2, 0.25) is 0 Å². The number of hydrogen-bond donors (Lipinski definition) is 1. The van der Waals surface area contributed by atoms with Crippen LogP contribution in [0.25, 0.3) is 0 Å². The summed E-state index contributed by atoms with van der Waals surface area (Å²) >= 11 is 5.55. The Labute approximate surface area is 139 Å². The van der Waals surface area contributed by atoms with E-state index in [2.05, 4.69) is 16.3 Å². The molecule has 0 amide bonds. The first-order chi connectivity index (χ1) is 11.2. The van der Waals surface area contributed by atoms with Crippen molar-refractivity contribution in [2.45, 2.75) is 25.4 Å². The van der Waals surface area contributed by atoms with Gasteiger partial charge in [0.1, 0.15) is 5.76 Å². The van der Waals surface area contributed by atoms with Gasteiger partial charge < -0.3 is 19.2 Å². The Bertz CT molecular complexity index is 768. The normalized spacial score (nSPS) is 22.5. The van der Waals surface area contributed by atoms with Crippen molar-refractivity contribution in [2.75, 3.05) is 13.1 Å². The molecule has 1 fully saturated rings. The van der Waals surface area contributed by atoms with E-state index in [1.165, 1.54) is 0 Å². The fourth-order valence-electron chi connectivity index (χ4n) is 3.75. The molecule has 4 rings (SSSR count). The monoisotopic (exact) mass is 329 g/mol. The van der Waals surface area contributed by atoms with Gasteiger partial charge in [0.15, 0.2) is 5.11 Å². The molecule has 1 N–H and O–H groups in total. The molecule has 0 aliphatic carbocycles. The van der Waals surface area contributed by atoms with Gasteiger partial charge in [0, 0.05) is 37.3 Å². The third-order valence-corrected chi connectivity index (χ3v) is 5.16. The number of pyridine rings is 1. The second-order valence-corrected chi connectivity index (χ2v) is 6.73. The zero-order valence-electron chi connectivity index (χ0n) is 12.8. The summed E-state index contributed by atoms with van der Waals surface area (Å²) in [5, 5.41) is 4.04. The number of furan rings is 1. The van der Waals surface area contributed by atoms with Gasteiger partial charge in [0.05, 0.1) is 12.8 Å². The number of nitrogens with zero attached hydrogens (tertiary/aromatic N) is 2. The molecule has 0 spiro atoms. The van der Waals surface area contributed by atoms with Crippen LogP contribution in [0.5, 0.6) is 0 Å². The van der Waals surface area contributed by atoms with Gasteiger partial charge >= 0.3 is 0 Å². The summed E-state index contributed by atoms with van der Waals surface area (Å²) in [5.41, 5.74) is 1.26. The molecule has 2 aromatic heterocycles. The van der Waals surface area contributed by atoms with Crippen LogP contribution in [-0.4, -0.2) is 27.7 Å². The van der Waals surface area contributed by atoms with Gasteiger partial charge in [-0.3, -0.25) is 4.79 Å². The molecule has 2 aliphatic rings. The molecule has 4 heterocycles. The molecule has 2 aliphatic heterocycles. The number of rotatable bonds is 2. The highest BCUT2D eigenvalue weighted by molar-refractivity contribution is 7.80. The van der Waals surface area contributed by atoms with Crippen molar-refractivity contribution in [2.24, 2.45) is 5.92 Å². The molecular formula is C17H19N3O2S. The van der Waals surface area contributed by atoms with Crippen LogP contribution in [0.3, 0.4) is 0 Å². The highest BCUT2D eigenvalue weighted by atomic mass is 32.1. The summed E-state index contributed by atoms with van der Waals surface area (Å²) in [6.45, 7) is 3.17. The Morgan fingerprint density at radius 3 is 3.00 bits per heavy atom. The van der Waals surface area contributed by atoms with Crippen molar-refractivity contribution in [3.8, 4) is 0 Å². The number of nitrogens with one attached hydrogen (secondary N) is 1. The predicted octanol–water partition coefficient (Wildman–Crippen LogP) is 1.94. The summed E-state index contributed by atoms with van der Waals surface area (Å²) in [7, 11) is 0. The minimum atomic E-state index is 0.115. The van der Waals surface area contributed by atoms with Gasteiger partial charge in [-0.25, -0.2) is 0 Å². The number of aromatic nitrogens is 1. The Morgan fingerprint density at radius 1 is 1.26 bits per heavy atom. The number of fused-ring (bicyclic) bond motifs is 4. The Kier molecular flexibility index (Phi) is 3.69. The highest BCUT2D eigenvalue weighted by Gasteiger charge is 2.35. The van der Waals surface area contributed by atoms with E-state index < -0.39 is 0 Å². The van der Waals surface area contributed by atoms with E-state index in [0.717, 1.165) is 42.6 Å². The highest BCUT2D eigenvalue weighted by Crippen LogP contribution is 2.34. The van der Waals surface area contributed by atoms with Crippen LogP contribution in [0.15, 0.2) is 45.8 Å². The molecule has 0 aromatic carbocycles. The SMILES string of the molecule is O=c1cccc2n1CC1CC2CN(C(=S)NCc2ccco2)C1. The molecule has 0 saturated carbocycles. The van der Waals surface area contributed by atoms with Crippen molar-refractivity contribution in [3.63, 3.8) is 0 Å². The van der Waals surface area contributed by atoms with E-state index >= 15 is 0 Å². The van der Waals surface area contributed by atoms with Gasteiger partial charge in [-0.15, -0.1) is 0 Å². The maximum Gasteiger partial charge on any atom is 0.250 e. The maximum absolute atomic E-state index is 12.0. The zero-order valence-corrected chi connectivity index (χ0v) is 13.6. The van der Waals surface area contributed by atoms with Gasteiger partial charge in [0.25, 0.3) is 5.56 Å². The minimum Gasteiger partial charge on any atom is -0.467 e. The molecule has 23 heavy (non-hydrogen) atoms. The van der Waals surface area contributed by atoms with Crippen LogP contribution >= 0.6 is 12.2 Å².